The molecule has 0 amide bonds. The second-order valence-electron chi connectivity index (χ2n) is 7.30. The molecule has 29 heavy (non-hydrogen) atoms. The maximum atomic E-state index is 13.3. The number of carbonyl (C=O) groups excluding carboxylic acids is 2. The Labute approximate surface area is 179 Å². The fraction of sp³-hybridized carbons (Fsp3) is 0.304. The van der Waals surface area contributed by atoms with Crippen molar-refractivity contribution >= 4 is 34.7 Å². The molecule has 1 aliphatic carbocycles. The number of hydrogen-bond acceptors (Lipinski definition) is 5. The zero-order valence-corrected chi connectivity index (χ0v) is 17.9. The lowest BCUT2D eigenvalue weighted by atomic mass is 9.73. The quantitative estimate of drug-likeness (QED) is 0.670. The van der Waals surface area contributed by atoms with Crippen LogP contribution < -0.4 is 5.32 Å². The van der Waals surface area contributed by atoms with Gasteiger partial charge in [-0.3, -0.25) is 4.79 Å². The summed E-state index contributed by atoms with van der Waals surface area (Å²) in [6, 6.07) is 11.6. The van der Waals surface area contributed by atoms with E-state index >= 15 is 0 Å². The smallest absolute Gasteiger partial charge is 0.336 e. The van der Waals surface area contributed by atoms with Gasteiger partial charge in [-0.25, -0.2) is 4.79 Å². The van der Waals surface area contributed by atoms with Crippen molar-refractivity contribution in [2.24, 2.45) is 0 Å². The van der Waals surface area contributed by atoms with Crippen LogP contribution in [0.1, 0.15) is 49.0 Å². The van der Waals surface area contributed by atoms with Gasteiger partial charge in [0.2, 0.25) is 0 Å². The Bertz CT molecular complexity index is 1010. The largest absolute Gasteiger partial charge is 0.463 e. The standard InChI is InChI=1S/C23H22ClNO3S/c1-3-28-23(27)20-13(2)25-17-11-15(14-6-8-16(24)9-7-14)12-18(26)21(17)22(20)19-5-4-10-29-19/h4-10,15,22,25H,3,11-12H2,1-2H3/t15-,22-/m1/s1. The van der Waals surface area contributed by atoms with E-state index in [0.717, 1.165) is 28.3 Å². The lowest BCUT2D eigenvalue weighted by Gasteiger charge is -2.36. The summed E-state index contributed by atoms with van der Waals surface area (Å²) >= 11 is 7.58. The molecule has 2 aliphatic rings. The molecule has 2 aromatic rings. The fourth-order valence-corrected chi connectivity index (χ4v) is 5.20. The molecule has 0 fully saturated rings. The van der Waals surface area contributed by atoms with E-state index in [-0.39, 0.29) is 23.6 Å². The van der Waals surface area contributed by atoms with Gasteiger partial charge in [-0.2, -0.15) is 0 Å². The Morgan fingerprint density at radius 2 is 2.00 bits per heavy atom. The Morgan fingerprint density at radius 3 is 2.66 bits per heavy atom. The number of ether oxygens (including phenoxy) is 1. The van der Waals surface area contributed by atoms with Gasteiger partial charge in [0.05, 0.1) is 18.1 Å². The maximum Gasteiger partial charge on any atom is 0.336 e. The topological polar surface area (TPSA) is 55.4 Å². The first kappa shape index (κ1) is 19.9. The summed E-state index contributed by atoms with van der Waals surface area (Å²) in [6.07, 6.45) is 1.14. The summed E-state index contributed by atoms with van der Waals surface area (Å²) in [5.41, 5.74) is 3.99. The molecule has 1 aromatic carbocycles. The van der Waals surface area contributed by atoms with Crippen LogP contribution in [0, 0.1) is 0 Å². The summed E-state index contributed by atoms with van der Waals surface area (Å²) in [4.78, 5) is 27.1. The van der Waals surface area contributed by atoms with E-state index in [4.69, 9.17) is 16.3 Å². The number of carbonyl (C=O) groups is 2. The van der Waals surface area contributed by atoms with E-state index in [1.807, 2.05) is 48.7 Å². The summed E-state index contributed by atoms with van der Waals surface area (Å²) in [6.45, 7) is 3.97. The first-order chi connectivity index (χ1) is 14.0. The van der Waals surface area contributed by atoms with Gasteiger partial charge < -0.3 is 10.1 Å². The molecule has 1 N–H and O–H groups in total. The van der Waals surface area contributed by atoms with Crippen LogP contribution in [0.2, 0.25) is 5.02 Å². The van der Waals surface area contributed by atoms with E-state index in [1.165, 1.54) is 0 Å². The van der Waals surface area contributed by atoms with Crippen molar-refractivity contribution in [1.29, 1.82) is 0 Å². The maximum absolute atomic E-state index is 13.3. The van der Waals surface area contributed by atoms with E-state index in [0.29, 0.717) is 29.2 Å². The van der Waals surface area contributed by atoms with Crippen molar-refractivity contribution in [3.63, 3.8) is 0 Å². The number of ketones is 1. The zero-order chi connectivity index (χ0) is 20.5. The third-order valence-electron chi connectivity index (χ3n) is 5.49. The monoisotopic (exact) mass is 427 g/mol. The summed E-state index contributed by atoms with van der Waals surface area (Å²) in [5.74, 6) is -0.572. The SMILES string of the molecule is CCOC(=O)C1=C(C)NC2=C(C(=O)C[C@H](c3ccc(Cl)cc3)C2)[C@@H]1c1cccs1. The Morgan fingerprint density at radius 1 is 1.24 bits per heavy atom. The zero-order valence-electron chi connectivity index (χ0n) is 16.3. The predicted molar refractivity (Wildman–Crippen MR) is 115 cm³/mol. The number of thiophene rings is 1. The van der Waals surface area contributed by atoms with Crippen molar-refractivity contribution in [2.45, 2.75) is 38.5 Å². The normalized spacial score (nSPS) is 21.7. The first-order valence-corrected chi connectivity index (χ1v) is 10.9. The lowest BCUT2D eigenvalue weighted by Crippen LogP contribution is -2.35. The molecule has 0 saturated carbocycles. The van der Waals surface area contributed by atoms with Gasteiger partial charge in [0.25, 0.3) is 0 Å². The number of dihydropyridines is 1. The van der Waals surface area contributed by atoms with Crippen LogP contribution in [0.4, 0.5) is 0 Å². The molecule has 2 atom stereocenters. The van der Waals surface area contributed by atoms with Gasteiger partial charge >= 0.3 is 5.97 Å². The molecule has 0 radical (unpaired) electrons. The second kappa shape index (κ2) is 8.17. The van der Waals surface area contributed by atoms with E-state index in [9.17, 15) is 9.59 Å². The fourth-order valence-electron chi connectivity index (χ4n) is 4.23. The van der Waals surface area contributed by atoms with Gasteiger partial charge in [-0.1, -0.05) is 29.8 Å². The highest BCUT2D eigenvalue weighted by atomic mass is 35.5. The molecule has 2 heterocycles. The molecule has 4 nitrogen and oxygen atoms in total. The number of halogens is 1. The minimum absolute atomic E-state index is 0.0754. The van der Waals surface area contributed by atoms with Crippen LogP contribution in [0.5, 0.6) is 0 Å². The van der Waals surface area contributed by atoms with Crippen molar-refractivity contribution in [1.82, 2.24) is 5.32 Å². The number of hydrogen-bond donors (Lipinski definition) is 1. The number of allylic oxidation sites excluding steroid dienone is 3. The highest BCUT2D eigenvalue weighted by molar-refractivity contribution is 7.10. The van der Waals surface area contributed by atoms with Crippen molar-refractivity contribution < 1.29 is 14.3 Å². The van der Waals surface area contributed by atoms with Crippen LogP contribution in [-0.2, 0) is 14.3 Å². The van der Waals surface area contributed by atoms with Crippen LogP contribution in [0.3, 0.4) is 0 Å². The predicted octanol–water partition coefficient (Wildman–Crippen LogP) is 5.33. The summed E-state index contributed by atoms with van der Waals surface area (Å²) in [5, 5.41) is 6.01. The first-order valence-electron chi connectivity index (χ1n) is 9.69. The molecule has 150 valence electrons. The number of Topliss-reactive ketones (excluding diaryl/α,β-unsaturated/α-hetero) is 1. The minimum atomic E-state index is -0.371. The Balaban J connectivity index is 1.75. The van der Waals surface area contributed by atoms with Crippen molar-refractivity contribution in [2.75, 3.05) is 6.61 Å². The second-order valence-corrected chi connectivity index (χ2v) is 8.72. The minimum Gasteiger partial charge on any atom is -0.463 e. The number of rotatable bonds is 4. The third kappa shape index (κ3) is 3.77. The molecular formula is C23H22ClNO3S. The van der Waals surface area contributed by atoms with Gasteiger partial charge in [0.1, 0.15) is 0 Å². The van der Waals surface area contributed by atoms with Crippen LogP contribution >= 0.6 is 22.9 Å². The third-order valence-corrected chi connectivity index (χ3v) is 6.68. The van der Waals surface area contributed by atoms with Crippen molar-refractivity contribution in [3.8, 4) is 0 Å². The van der Waals surface area contributed by atoms with E-state index < -0.39 is 0 Å². The van der Waals surface area contributed by atoms with Crippen LogP contribution in [0.25, 0.3) is 0 Å². The molecule has 1 aromatic heterocycles. The molecule has 4 rings (SSSR count). The average Bonchev–Trinajstić information content (AvgIpc) is 3.22. The molecular weight excluding hydrogens is 406 g/mol. The molecule has 0 saturated heterocycles. The Hall–Kier alpha value is -2.37. The number of nitrogens with one attached hydrogen (secondary N) is 1. The van der Waals surface area contributed by atoms with Gasteiger partial charge in [0, 0.05) is 33.3 Å². The van der Waals surface area contributed by atoms with Gasteiger partial charge in [-0.05, 0) is 55.3 Å². The van der Waals surface area contributed by atoms with E-state index in [1.54, 1.807) is 18.3 Å². The average molecular weight is 428 g/mol. The summed E-state index contributed by atoms with van der Waals surface area (Å²) in [7, 11) is 0. The number of esters is 1. The van der Waals surface area contributed by atoms with E-state index in [2.05, 4.69) is 5.32 Å². The highest BCUT2D eigenvalue weighted by Gasteiger charge is 2.41. The Kier molecular flexibility index (Phi) is 5.61. The van der Waals surface area contributed by atoms with Crippen LogP contribution in [0.15, 0.2) is 64.3 Å². The lowest BCUT2D eigenvalue weighted by molar-refractivity contribution is -0.138. The molecule has 1 aliphatic heterocycles. The number of benzene rings is 1. The van der Waals surface area contributed by atoms with Gasteiger partial charge in [0.15, 0.2) is 5.78 Å². The van der Waals surface area contributed by atoms with Gasteiger partial charge in [-0.15, -0.1) is 11.3 Å². The summed E-state index contributed by atoms with van der Waals surface area (Å²) < 4.78 is 5.32. The highest BCUT2D eigenvalue weighted by Crippen LogP contribution is 2.46. The molecule has 0 bridgehead atoms. The molecule has 0 unspecified atom stereocenters. The molecule has 6 heteroatoms. The van der Waals surface area contributed by atoms with Crippen molar-refractivity contribution in [3.05, 3.63) is 79.8 Å². The molecule has 0 spiro atoms. The van der Waals surface area contributed by atoms with Crippen LogP contribution in [-0.4, -0.2) is 18.4 Å².